The molecule has 1 atom stereocenters. The molecule has 1 aliphatic rings. The van der Waals surface area contributed by atoms with Gasteiger partial charge in [0.25, 0.3) is 0 Å². The number of hydrogen-bond acceptors (Lipinski definition) is 4. The molecule has 0 spiro atoms. The van der Waals surface area contributed by atoms with Gasteiger partial charge in [0, 0.05) is 24.7 Å². The number of hydrogen-bond donors (Lipinski definition) is 1. The van der Waals surface area contributed by atoms with Crippen LogP contribution in [0.2, 0.25) is 0 Å². The second-order valence-corrected chi connectivity index (χ2v) is 5.28. The van der Waals surface area contributed by atoms with Crippen LogP contribution in [0.4, 0.5) is 5.69 Å². The Balaban J connectivity index is 1.71. The molecule has 1 amide bonds. The predicted molar refractivity (Wildman–Crippen MR) is 81.6 cm³/mol. The fraction of sp³-hybridized carbons (Fsp3) is 0.312. The summed E-state index contributed by atoms with van der Waals surface area (Å²) in [6.45, 7) is 1.54. The maximum absolute atomic E-state index is 12.1. The monoisotopic (exact) mass is 299 g/mol. The van der Waals surface area contributed by atoms with Gasteiger partial charge in [-0.3, -0.25) is 9.36 Å². The maximum Gasteiger partial charge on any atom is 0.347 e. The standard InChI is InChI=1S/C16H17N3O3/c20-15(13-5-8-22-11-13)18-14-4-1-3-12(9-14)10-19-7-2-6-17-16(19)21/h1-4,6-7,9,13H,5,8,10-11H2,(H,18,20). The Morgan fingerprint density at radius 1 is 1.41 bits per heavy atom. The molecule has 1 aliphatic heterocycles. The summed E-state index contributed by atoms with van der Waals surface area (Å²) < 4.78 is 6.75. The summed E-state index contributed by atoms with van der Waals surface area (Å²) in [7, 11) is 0. The molecule has 3 rings (SSSR count). The topological polar surface area (TPSA) is 73.2 Å². The van der Waals surface area contributed by atoms with Gasteiger partial charge in [-0.2, -0.15) is 0 Å². The Labute approximate surface area is 127 Å². The molecule has 1 aromatic carbocycles. The van der Waals surface area contributed by atoms with Gasteiger partial charge in [0.2, 0.25) is 5.91 Å². The van der Waals surface area contributed by atoms with Crippen LogP contribution in [0.5, 0.6) is 0 Å². The summed E-state index contributed by atoms with van der Waals surface area (Å²) in [5, 5.41) is 2.90. The van der Waals surface area contributed by atoms with E-state index < -0.39 is 0 Å². The molecule has 6 nitrogen and oxygen atoms in total. The van der Waals surface area contributed by atoms with Crippen LogP contribution in [0.3, 0.4) is 0 Å². The average molecular weight is 299 g/mol. The number of nitrogens with zero attached hydrogens (tertiary/aromatic N) is 2. The van der Waals surface area contributed by atoms with Crippen molar-refractivity contribution in [3.8, 4) is 0 Å². The van der Waals surface area contributed by atoms with Gasteiger partial charge >= 0.3 is 5.69 Å². The highest BCUT2D eigenvalue weighted by molar-refractivity contribution is 5.92. The van der Waals surface area contributed by atoms with Crippen LogP contribution < -0.4 is 11.0 Å². The maximum atomic E-state index is 12.1. The van der Waals surface area contributed by atoms with E-state index in [9.17, 15) is 9.59 Å². The number of aromatic nitrogens is 2. The van der Waals surface area contributed by atoms with Gasteiger partial charge in [-0.1, -0.05) is 12.1 Å². The van der Waals surface area contributed by atoms with Crippen LogP contribution in [-0.4, -0.2) is 28.7 Å². The number of nitrogens with one attached hydrogen (secondary N) is 1. The van der Waals surface area contributed by atoms with E-state index in [0.717, 1.165) is 17.7 Å². The molecule has 1 aromatic heterocycles. The van der Waals surface area contributed by atoms with Gasteiger partial charge in [0.15, 0.2) is 0 Å². The van der Waals surface area contributed by atoms with E-state index in [1.807, 2.05) is 24.3 Å². The van der Waals surface area contributed by atoms with E-state index in [1.165, 1.54) is 10.8 Å². The van der Waals surface area contributed by atoms with Crippen molar-refractivity contribution in [3.05, 3.63) is 58.8 Å². The molecule has 1 unspecified atom stereocenters. The first kappa shape index (κ1) is 14.5. The van der Waals surface area contributed by atoms with Gasteiger partial charge in [-0.25, -0.2) is 9.78 Å². The van der Waals surface area contributed by atoms with Crippen LogP contribution in [0.1, 0.15) is 12.0 Å². The lowest BCUT2D eigenvalue weighted by Crippen LogP contribution is -2.23. The van der Waals surface area contributed by atoms with Crippen molar-refractivity contribution in [2.24, 2.45) is 5.92 Å². The van der Waals surface area contributed by atoms with Crippen LogP contribution in [0, 0.1) is 5.92 Å². The summed E-state index contributed by atoms with van der Waals surface area (Å²) in [6.07, 6.45) is 3.92. The zero-order valence-corrected chi connectivity index (χ0v) is 12.1. The van der Waals surface area contributed by atoms with Crippen LogP contribution in [0.25, 0.3) is 0 Å². The molecule has 1 N–H and O–H groups in total. The lowest BCUT2D eigenvalue weighted by atomic mass is 10.1. The highest BCUT2D eigenvalue weighted by atomic mass is 16.5. The zero-order chi connectivity index (χ0) is 15.4. The quantitative estimate of drug-likeness (QED) is 0.922. The average Bonchev–Trinajstić information content (AvgIpc) is 3.04. The minimum atomic E-state index is -0.292. The first-order chi connectivity index (χ1) is 10.7. The molecular formula is C16H17N3O3. The molecule has 114 valence electrons. The smallest absolute Gasteiger partial charge is 0.347 e. The van der Waals surface area contributed by atoms with Crippen molar-refractivity contribution >= 4 is 11.6 Å². The number of benzene rings is 1. The molecule has 6 heteroatoms. The first-order valence-corrected chi connectivity index (χ1v) is 7.21. The Morgan fingerprint density at radius 3 is 3.09 bits per heavy atom. The Hall–Kier alpha value is -2.47. The molecule has 0 radical (unpaired) electrons. The zero-order valence-electron chi connectivity index (χ0n) is 12.1. The summed E-state index contributed by atoms with van der Waals surface area (Å²) in [6, 6.07) is 9.19. The van der Waals surface area contributed by atoms with Gasteiger partial charge in [-0.15, -0.1) is 0 Å². The van der Waals surface area contributed by atoms with E-state index in [0.29, 0.717) is 19.8 Å². The molecule has 0 bridgehead atoms. The van der Waals surface area contributed by atoms with Crippen LogP contribution in [0.15, 0.2) is 47.5 Å². The summed E-state index contributed by atoms with van der Waals surface area (Å²) in [4.78, 5) is 27.4. The summed E-state index contributed by atoms with van der Waals surface area (Å²) >= 11 is 0. The second-order valence-electron chi connectivity index (χ2n) is 5.28. The molecule has 2 heterocycles. The van der Waals surface area contributed by atoms with Gasteiger partial charge in [-0.05, 0) is 30.2 Å². The van der Waals surface area contributed by atoms with E-state index >= 15 is 0 Å². The van der Waals surface area contributed by atoms with E-state index in [4.69, 9.17) is 4.74 Å². The Morgan fingerprint density at radius 2 is 2.32 bits per heavy atom. The van der Waals surface area contributed by atoms with E-state index in [-0.39, 0.29) is 17.5 Å². The van der Waals surface area contributed by atoms with Gasteiger partial charge in [0.1, 0.15) is 0 Å². The molecule has 0 saturated carbocycles. The van der Waals surface area contributed by atoms with E-state index in [1.54, 1.807) is 12.3 Å². The third kappa shape index (κ3) is 3.40. The predicted octanol–water partition coefficient (Wildman–Crippen LogP) is 1.27. The minimum absolute atomic E-state index is 0.0202. The molecule has 2 aromatic rings. The lowest BCUT2D eigenvalue weighted by Gasteiger charge is -2.11. The lowest BCUT2D eigenvalue weighted by molar-refractivity contribution is -0.119. The van der Waals surface area contributed by atoms with Crippen molar-refractivity contribution in [1.29, 1.82) is 0 Å². The molecule has 1 saturated heterocycles. The van der Waals surface area contributed by atoms with Crippen molar-refractivity contribution < 1.29 is 9.53 Å². The molecular weight excluding hydrogens is 282 g/mol. The van der Waals surface area contributed by atoms with Crippen molar-refractivity contribution in [1.82, 2.24) is 9.55 Å². The third-order valence-electron chi connectivity index (χ3n) is 3.63. The third-order valence-corrected chi connectivity index (χ3v) is 3.63. The van der Waals surface area contributed by atoms with E-state index in [2.05, 4.69) is 10.3 Å². The van der Waals surface area contributed by atoms with Crippen molar-refractivity contribution in [3.63, 3.8) is 0 Å². The van der Waals surface area contributed by atoms with Gasteiger partial charge in [0.05, 0.1) is 19.1 Å². The highest BCUT2D eigenvalue weighted by Gasteiger charge is 2.23. The van der Waals surface area contributed by atoms with Crippen molar-refractivity contribution in [2.45, 2.75) is 13.0 Å². The Bertz CT molecular complexity index is 720. The number of ether oxygens (including phenoxy) is 1. The molecule has 0 aliphatic carbocycles. The fourth-order valence-electron chi connectivity index (χ4n) is 2.44. The first-order valence-electron chi connectivity index (χ1n) is 7.21. The number of amides is 1. The Kier molecular flexibility index (Phi) is 4.29. The molecule has 1 fully saturated rings. The fourth-order valence-corrected chi connectivity index (χ4v) is 2.44. The largest absolute Gasteiger partial charge is 0.381 e. The number of rotatable bonds is 4. The number of carbonyl (C=O) groups is 1. The number of carbonyl (C=O) groups excluding carboxylic acids is 1. The van der Waals surface area contributed by atoms with Crippen LogP contribution >= 0.6 is 0 Å². The molecule has 22 heavy (non-hydrogen) atoms. The second kappa shape index (κ2) is 6.53. The summed E-state index contributed by atoms with van der Waals surface area (Å²) in [5.41, 5.74) is 1.36. The SMILES string of the molecule is O=C(Nc1cccc(Cn2cccnc2=O)c1)C1CCOC1. The van der Waals surface area contributed by atoms with Crippen LogP contribution in [-0.2, 0) is 16.1 Å². The minimum Gasteiger partial charge on any atom is -0.381 e. The van der Waals surface area contributed by atoms with Crippen molar-refractivity contribution in [2.75, 3.05) is 18.5 Å². The highest BCUT2D eigenvalue weighted by Crippen LogP contribution is 2.17. The summed E-state index contributed by atoms with van der Waals surface area (Å²) in [5.74, 6) is -0.0993. The number of anilines is 1. The van der Waals surface area contributed by atoms with Gasteiger partial charge < -0.3 is 10.1 Å². The normalized spacial score (nSPS) is 17.4.